The molecule has 6 heteroatoms. The average Bonchev–Trinajstić information content (AvgIpc) is 2.55. The fourth-order valence-electron chi connectivity index (χ4n) is 2.28. The van der Waals surface area contributed by atoms with E-state index in [1.54, 1.807) is 6.92 Å². The molecule has 1 unspecified atom stereocenters. The van der Waals surface area contributed by atoms with Gasteiger partial charge in [-0.1, -0.05) is 30.3 Å². The number of carbonyl (C=O) groups is 1. The predicted molar refractivity (Wildman–Crippen MR) is 84.5 cm³/mol. The van der Waals surface area contributed by atoms with Gasteiger partial charge in [-0.15, -0.1) is 0 Å². The highest BCUT2D eigenvalue weighted by Gasteiger charge is 2.12. The van der Waals surface area contributed by atoms with Crippen LogP contribution in [0.15, 0.2) is 30.3 Å². The normalized spacial score (nSPS) is 17.0. The first-order chi connectivity index (χ1) is 10.7. The molecule has 6 nitrogen and oxygen atoms in total. The van der Waals surface area contributed by atoms with Gasteiger partial charge in [-0.2, -0.15) is 0 Å². The monoisotopic (exact) mass is 307 g/mol. The largest absolute Gasteiger partial charge is 0.420 e. The number of benzene rings is 1. The van der Waals surface area contributed by atoms with Crippen LogP contribution in [0.2, 0.25) is 0 Å². The molecule has 2 rings (SSSR count). The Morgan fingerprint density at radius 2 is 2.05 bits per heavy atom. The summed E-state index contributed by atoms with van der Waals surface area (Å²) in [4.78, 5) is 14.0. The fourth-order valence-corrected chi connectivity index (χ4v) is 2.28. The van der Waals surface area contributed by atoms with Crippen LogP contribution < -0.4 is 10.6 Å². The van der Waals surface area contributed by atoms with Crippen LogP contribution in [0.3, 0.4) is 0 Å². The summed E-state index contributed by atoms with van der Waals surface area (Å²) in [6.45, 7) is 7.73. The summed E-state index contributed by atoms with van der Waals surface area (Å²) >= 11 is 0. The molecular weight excluding hydrogens is 282 g/mol. The van der Waals surface area contributed by atoms with E-state index < -0.39 is 12.4 Å². The van der Waals surface area contributed by atoms with Crippen LogP contribution in [0.25, 0.3) is 0 Å². The molecule has 1 aromatic rings. The minimum atomic E-state index is -0.543. The van der Waals surface area contributed by atoms with E-state index >= 15 is 0 Å². The highest BCUT2D eigenvalue weighted by molar-refractivity contribution is 5.67. The Morgan fingerprint density at radius 1 is 1.32 bits per heavy atom. The quantitative estimate of drug-likeness (QED) is 0.741. The molecule has 1 saturated heterocycles. The number of nitrogens with one attached hydrogen (secondary N) is 2. The van der Waals surface area contributed by atoms with E-state index in [0.717, 1.165) is 38.3 Å². The van der Waals surface area contributed by atoms with E-state index in [4.69, 9.17) is 9.47 Å². The average molecular weight is 307 g/mol. The molecule has 122 valence electrons. The molecule has 0 saturated carbocycles. The van der Waals surface area contributed by atoms with Crippen LogP contribution in [0.4, 0.5) is 4.79 Å². The maximum absolute atomic E-state index is 11.7. The Hall–Kier alpha value is -1.63. The van der Waals surface area contributed by atoms with Crippen LogP contribution in [-0.2, 0) is 16.0 Å². The number of ether oxygens (including phenoxy) is 2. The number of hydrogen-bond acceptors (Lipinski definition) is 5. The van der Waals surface area contributed by atoms with Crippen molar-refractivity contribution in [2.24, 2.45) is 0 Å². The lowest BCUT2D eigenvalue weighted by atomic mass is 10.2. The molecular formula is C16H25N3O3. The van der Waals surface area contributed by atoms with Crippen molar-refractivity contribution in [1.29, 1.82) is 0 Å². The molecule has 0 radical (unpaired) electrons. The SMILES string of the molecule is CC(OCCN1CCNCC1)OC(=O)NCc1ccccc1. The number of piperazine rings is 1. The van der Waals surface area contributed by atoms with E-state index in [0.29, 0.717) is 13.2 Å². The van der Waals surface area contributed by atoms with Crippen LogP contribution in [-0.4, -0.2) is 56.6 Å². The first-order valence-corrected chi connectivity index (χ1v) is 7.77. The lowest BCUT2D eigenvalue weighted by Gasteiger charge is -2.27. The van der Waals surface area contributed by atoms with Gasteiger partial charge in [0.15, 0.2) is 0 Å². The number of carbonyl (C=O) groups excluding carboxylic acids is 1. The van der Waals surface area contributed by atoms with E-state index in [9.17, 15) is 4.79 Å². The molecule has 1 amide bonds. The molecule has 0 aromatic heterocycles. The molecule has 1 atom stereocenters. The van der Waals surface area contributed by atoms with Crippen molar-refractivity contribution in [3.8, 4) is 0 Å². The van der Waals surface area contributed by atoms with Gasteiger partial charge in [-0.05, 0) is 12.5 Å². The molecule has 1 heterocycles. The van der Waals surface area contributed by atoms with Crippen LogP contribution in [0, 0.1) is 0 Å². The van der Waals surface area contributed by atoms with Crippen molar-refractivity contribution in [3.63, 3.8) is 0 Å². The predicted octanol–water partition coefficient (Wildman–Crippen LogP) is 1.18. The van der Waals surface area contributed by atoms with Crippen LogP contribution in [0.5, 0.6) is 0 Å². The van der Waals surface area contributed by atoms with Gasteiger partial charge < -0.3 is 20.1 Å². The minimum Gasteiger partial charge on any atom is -0.420 e. The molecule has 0 spiro atoms. The number of rotatable bonds is 7. The number of nitrogens with zero attached hydrogens (tertiary/aromatic N) is 1. The van der Waals surface area contributed by atoms with Crippen molar-refractivity contribution >= 4 is 6.09 Å². The number of hydrogen-bond donors (Lipinski definition) is 2. The highest BCUT2D eigenvalue weighted by Crippen LogP contribution is 2.00. The summed E-state index contributed by atoms with van der Waals surface area (Å²) in [6.07, 6.45) is -1.00. The van der Waals surface area contributed by atoms with Gasteiger partial charge >= 0.3 is 6.09 Å². The summed E-state index contributed by atoms with van der Waals surface area (Å²) < 4.78 is 10.7. The van der Waals surface area contributed by atoms with Gasteiger partial charge in [0, 0.05) is 39.3 Å². The highest BCUT2D eigenvalue weighted by atomic mass is 16.7. The molecule has 0 bridgehead atoms. The Balaban J connectivity index is 1.55. The van der Waals surface area contributed by atoms with E-state index in [1.165, 1.54) is 0 Å². The van der Waals surface area contributed by atoms with Gasteiger partial charge in [-0.3, -0.25) is 4.90 Å². The van der Waals surface area contributed by atoms with E-state index in [-0.39, 0.29) is 0 Å². The minimum absolute atomic E-state index is 0.452. The Morgan fingerprint density at radius 3 is 2.77 bits per heavy atom. The standard InChI is InChI=1S/C16H25N3O3/c1-14(21-12-11-19-9-7-17-8-10-19)22-16(20)18-13-15-5-3-2-4-6-15/h2-6,14,17H,7-13H2,1H3,(H,18,20). The first kappa shape index (κ1) is 16.7. The van der Waals surface area contributed by atoms with E-state index in [2.05, 4.69) is 15.5 Å². The van der Waals surface area contributed by atoms with Crippen molar-refractivity contribution in [2.75, 3.05) is 39.3 Å². The molecule has 1 aromatic carbocycles. The molecule has 0 aliphatic carbocycles. The third kappa shape index (κ3) is 6.43. The third-order valence-electron chi connectivity index (χ3n) is 3.52. The van der Waals surface area contributed by atoms with Crippen molar-refractivity contribution < 1.29 is 14.3 Å². The maximum atomic E-state index is 11.7. The van der Waals surface area contributed by atoms with Crippen molar-refractivity contribution in [2.45, 2.75) is 19.8 Å². The fraction of sp³-hybridized carbons (Fsp3) is 0.562. The second-order valence-electron chi connectivity index (χ2n) is 5.27. The van der Waals surface area contributed by atoms with E-state index in [1.807, 2.05) is 30.3 Å². The summed E-state index contributed by atoms with van der Waals surface area (Å²) in [5.41, 5.74) is 1.03. The van der Waals surface area contributed by atoms with Gasteiger partial charge in [0.25, 0.3) is 0 Å². The smallest absolute Gasteiger partial charge is 0.409 e. The molecule has 1 aliphatic heterocycles. The zero-order valence-corrected chi connectivity index (χ0v) is 13.1. The van der Waals surface area contributed by atoms with Gasteiger partial charge in [-0.25, -0.2) is 4.79 Å². The Kier molecular flexibility index (Phi) is 7.15. The number of amides is 1. The summed E-state index contributed by atoms with van der Waals surface area (Å²) in [5, 5.41) is 6.02. The molecule has 1 fully saturated rings. The third-order valence-corrected chi connectivity index (χ3v) is 3.52. The summed E-state index contributed by atoms with van der Waals surface area (Å²) in [6, 6.07) is 9.71. The second kappa shape index (κ2) is 9.40. The van der Waals surface area contributed by atoms with Crippen LogP contribution >= 0.6 is 0 Å². The topological polar surface area (TPSA) is 62.8 Å². The summed E-state index contributed by atoms with van der Waals surface area (Å²) in [5.74, 6) is 0. The van der Waals surface area contributed by atoms with Gasteiger partial charge in [0.05, 0.1) is 6.61 Å². The number of alkyl carbamates (subject to hydrolysis) is 1. The maximum Gasteiger partial charge on any atom is 0.409 e. The lowest BCUT2D eigenvalue weighted by molar-refractivity contribution is -0.0952. The Labute approximate surface area is 131 Å². The molecule has 2 N–H and O–H groups in total. The van der Waals surface area contributed by atoms with Crippen molar-refractivity contribution in [3.05, 3.63) is 35.9 Å². The zero-order chi connectivity index (χ0) is 15.6. The van der Waals surface area contributed by atoms with Crippen LogP contribution in [0.1, 0.15) is 12.5 Å². The van der Waals surface area contributed by atoms with Gasteiger partial charge in [0.2, 0.25) is 6.29 Å². The lowest BCUT2D eigenvalue weighted by Crippen LogP contribution is -2.44. The first-order valence-electron chi connectivity index (χ1n) is 7.77. The molecule has 22 heavy (non-hydrogen) atoms. The Bertz CT molecular complexity index is 436. The second-order valence-corrected chi connectivity index (χ2v) is 5.27. The van der Waals surface area contributed by atoms with Gasteiger partial charge in [0.1, 0.15) is 0 Å². The zero-order valence-electron chi connectivity index (χ0n) is 13.1. The van der Waals surface area contributed by atoms with Crippen molar-refractivity contribution in [1.82, 2.24) is 15.5 Å². The molecule has 1 aliphatic rings. The summed E-state index contributed by atoms with van der Waals surface area (Å²) in [7, 11) is 0.